The van der Waals surface area contributed by atoms with E-state index in [1.165, 1.54) is 0 Å². The molecule has 0 saturated carbocycles. The topological polar surface area (TPSA) is 67.3 Å². The lowest BCUT2D eigenvalue weighted by Gasteiger charge is -2.32. The lowest BCUT2D eigenvalue weighted by Crippen LogP contribution is -2.43. The highest BCUT2D eigenvalue weighted by atomic mass is 32.2. The van der Waals surface area contributed by atoms with Gasteiger partial charge < -0.3 is 15.0 Å². The summed E-state index contributed by atoms with van der Waals surface area (Å²) in [5.41, 5.74) is 0.935. The summed E-state index contributed by atoms with van der Waals surface area (Å²) < 4.78 is 5.34. The van der Waals surface area contributed by atoms with E-state index in [2.05, 4.69) is 15.5 Å². The van der Waals surface area contributed by atoms with Crippen LogP contribution in [-0.4, -0.2) is 53.5 Å². The first kappa shape index (κ1) is 18.5. The van der Waals surface area contributed by atoms with Crippen molar-refractivity contribution in [2.24, 2.45) is 0 Å². The molecule has 6 nitrogen and oxygen atoms in total. The maximum atomic E-state index is 12.6. The van der Waals surface area contributed by atoms with Gasteiger partial charge in [-0.05, 0) is 37.3 Å². The molecule has 1 aromatic carbocycles. The Hall–Kier alpha value is -2.28. The molecule has 26 heavy (non-hydrogen) atoms. The highest BCUT2D eigenvalue weighted by Crippen LogP contribution is 2.21. The average Bonchev–Trinajstić information content (AvgIpc) is 2.69. The molecule has 2 aromatic rings. The van der Waals surface area contributed by atoms with Crippen molar-refractivity contribution in [2.75, 3.05) is 31.8 Å². The molecule has 1 N–H and O–H groups in total. The molecule has 0 spiro atoms. The summed E-state index contributed by atoms with van der Waals surface area (Å²) in [6.07, 6.45) is 4.17. The van der Waals surface area contributed by atoms with Gasteiger partial charge in [-0.3, -0.25) is 4.79 Å². The first-order chi connectivity index (χ1) is 12.7. The van der Waals surface area contributed by atoms with E-state index in [9.17, 15) is 4.79 Å². The Morgan fingerprint density at radius 2 is 2.00 bits per heavy atom. The van der Waals surface area contributed by atoms with Crippen molar-refractivity contribution in [1.82, 2.24) is 15.1 Å². The number of carbonyl (C=O) groups excluding carboxylic acids is 1. The average molecular weight is 372 g/mol. The van der Waals surface area contributed by atoms with Crippen LogP contribution in [0.15, 0.2) is 41.4 Å². The largest absolute Gasteiger partial charge is 0.496 e. The number of aromatic nitrogens is 2. The van der Waals surface area contributed by atoms with Gasteiger partial charge in [-0.1, -0.05) is 18.2 Å². The lowest BCUT2D eigenvalue weighted by molar-refractivity contribution is -0.131. The Balaban J connectivity index is 1.50. The Morgan fingerprint density at radius 1 is 1.23 bits per heavy atom. The van der Waals surface area contributed by atoms with E-state index >= 15 is 0 Å². The molecule has 0 radical (unpaired) electrons. The fourth-order valence-corrected chi connectivity index (χ4v) is 3.44. The molecule has 0 atom stereocenters. The van der Waals surface area contributed by atoms with E-state index in [0.29, 0.717) is 12.5 Å². The molecule has 1 aliphatic rings. The van der Waals surface area contributed by atoms with Gasteiger partial charge >= 0.3 is 0 Å². The maximum absolute atomic E-state index is 12.6. The number of carbonyl (C=O) groups is 1. The first-order valence-corrected chi connectivity index (χ1v) is 9.96. The molecule has 138 valence electrons. The molecular formula is C19H24N4O2S. The monoisotopic (exact) mass is 372 g/mol. The van der Waals surface area contributed by atoms with Crippen molar-refractivity contribution in [3.63, 3.8) is 0 Å². The number of ether oxygens (including phenoxy) is 1. The number of benzene rings is 1. The van der Waals surface area contributed by atoms with Crippen molar-refractivity contribution >= 4 is 23.5 Å². The number of rotatable bonds is 6. The highest BCUT2D eigenvalue weighted by molar-refractivity contribution is 7.98. The molecule has 3 rings (SSSR count). The zero-order valence-electron chi connectivity index (χ0n) is 15.1. The Kier molecular flexibility index (Phi) is 6.33. The van der Waals surface area contributed by atoms with Crippen molar-refractivity contribution in [3.8, 4) is 5.75 Å². The summed E-state index contributed by atoms with van der Waals surface area (Å²) >= 11 is 1.58. The summed E-state index contributed by atoms with van der Waals surface area (Å²) in [6.45, 7) is 1.50. The Bertz CT molecular complexity index is 731. The van der Waals surface area contributed by atoms with Crippen molar-refractivity contribution in [3.05, 3.63) is 42.0 Å². The van der Waals surface area contributed by atoms with Gasteiger partial charge in [-0.2, -0.15) is 0 Å². The van der Waals surface area contributed by atoms with E-state index < -0.39 is 0 Å². The number of amides is 1. The Labute approximate surface area is 158 Å². The van der Waals surface area contributed by atoms with Crippen LogP contribution in [0.1, 0.15) is 18.4 Å². The van der Waals surface area contributed by atoms with E-state index in [0.717, 1.165) is 48.1 Å². The van der Waals surface area contributed by atoms with Gasteiger partial charge in [0, 0.05) is 24.7 Å². The summed E-state index contributed by atoms with van der Waals surface area (Å²) in [5, 5.41) is 12.7. The molecule has 1 aliphatic heterocycles. The minimum Gasteiger partial charge on any atom is -0.496 e. The second-order valence-electron chi connectivity index (χ2n) is 6.25. The van der Waals surface area contributed by atoms with Gasteiger partial charge in [0.05, 0.1) is 13.5 Å². The van der Waals surface area contributed by atoms with Crippen LogP contribution in [0.3, 0.4) is 0 Å². The fraction of sp³-hybridized carbons (Fsp3) is 0.421. The second kappa shape index (κ2) is 8.89. The summed E-state index contributed by atoms with van der Waals surface area (Å²) in [7, 11) is 1.63. The molecule has 0 aliphatic carbocycles. The zero-order valence-corrected chi connectivity index (χ0v) is 16.0. The van der Waals surface area contributed by atoms with Crippen LogP contribution in [-0.2, 0) is 11.2 Å². The molecular weight excluding hydrogens is 348 g/mol. The minimum atomic E-state index is 0.150. The van der Waals surface area contributed by atoms with Crippen molar-refractivity contribution in [1.29, 1.82) is 0 Å². The summed E-state index contributed by atoms with van der Waals surface area (Å²) in [5.74, 6) is 1.71. The van der Waals surface area contributed by atoms with E-state index in [1.807, 2.05) is 47.6 Å². The molecule has 1 saturated heterocycles. The Morgan fingerprint density at radius 3 is 2.65 bits per heavy atom. The summed E-state index contributed by atoms with van der Waals surface area (Å²) in [4.78, 5) is 14.5. The minimum absolute atomic E-state index is 0.150. The SMILES string of the molecule is COc1ccccc1CC(=O)N1CCC(Nc2ccc(SC)nn2)CC1. The predicted molar refractivity (Wildman–Crippen MR) is 104 cm³/mol. The number of thioether (sulfide) groups is 1. The number of piperidine rings is 1. The molecule has 1 amide bonds. The van der Waals surface area contributed by atoms with Gasteiger partial charge in [0.1, 0.15) is 16.6 Å². The molecule has 0 unspecified atom stereocenters. The third-order valence-electron chi connectivity index (χ3n) is 4.58. The van der Waals surface area contributed by atoms with Crippen LogP contribution in [0.5, 0.6) is 5.75 Å². The molecule has 0 bridgehead atoms. The van der Waals surface area contributed by atoms with Gasteiger partial charge in [-0.25, -0.2) is 0 Å². The van der Waals surface area contributed by atoms with Crippen LogP contribution >= 0.6 is 11.8 Å². The number of likely N-dealkylation sites (tertiary alicyclic amines) is 1. The van der Waals surface area contributed by atoms with Gasteiger partial charge in [0.2, 0.25) is 5.91 Å². The van der Waals surface area contributed by atoms with E-state index in [4.69, 9.17) is 4.74 Å². The number of hydrogen-bond donors (Lipinski definition) is 1. The maximum Gasteiger partial charge on any atom is 0.227 e. The van der Waals surface area contributed by atoms with Crippen molar-refractivity contribution < 1.29 is 9.53 Å². The van der Waals surface area contributed by atoms with Crippen LogP contribution in [0.2, 0.25) is 0 Å². The van der Waals surface area contributed by atoms with Crippen LogP contribution in [0.25, 0.3) is 0 Å². The third kappa shape index (κ3) is 4.66. The zero-order chi connectivity index (χ0) is 18.4. The van der Waals surface area contributed by atoms with E-state index in [1.54, 1.807) is 18.9 Å². The third-order valence-corrected chi connectivity index (χ3v) is 5.22. The lowest BCUT2D eigenvalue weighted by atomic mass is 10.0. The molecule has 7 heteroatoms. The number of anilines is 1. The fourth-order valence-electron chi connectivity index (χ4n) is 3.11. The summed E-state index contributed by atoms with van der Waals surface area (Å²) in [6, 6.07) is 11.9. The number of methoxy groups -OCH3 is 1. The van der Waals surface area contributed by atoms with E-state index in [-0.39, 0.29) is 5.91 Å². The molecule has 1 fully saturated rings. The quantitative estimate of drug-likeness (QED) is 0.787. The van der Waals surface area contributed by atoms with Gasteiger partial charge in [0.25, 0.3) is 0 Å². The van der Waals surface area contributed by atoms with Crippen LogP contribution < -0.4 is 10.1 Å². The van der Waals surface area contributed by atoms with Gasteiger partial charge in [-0.15, -0.1) is 22.0 Å². The smallest absolute Gasteiger partial charge is 0.227 e. The highest BCUT2D eigenvalue weighted by Gasteiger charge is 2.23. The number of para-hydroxylation sites is 1. The standard InChI is InChI=1S/C19H24N4O2S/c1-25-16-6-4-3-5-14(16)13-19(24)23-11-9-15(10-12-23)20-17-7-8-18(26-2)22-21-17/h3-8,15H,9-13H2,1-2H3,(H,20,21). The normalized spacial score (nSPS) is 14.9. The van der Waals surface area contributed by atoms with Gasteiger partial charge in [0.15, 0.2) is 0 Å². The second-order valence-corrected chi connectivity index (χ2v) is 7.08. The molecule has 2 heterocycles. The number of hydrogen-bond acceptors (Lipinski definition) is 6. The van der Waals surface area contributed by atoms with Crippen molar-refractivity contribution in [2.45, 2.75) is 30.3 Å². The number of nitrogens with one attached hydrogen (secondary N) is 1. The van der Waals surface area contributed by atoms with Crippen LogP contribution in [0, 0.1) is 0 Å². The van der Waals surface area contributed by atoms with Crippen LogP contribution in [0.4, 0.5) is 5.82 Å². The first-order valence-electron chi connectivity index (χ1n) is 8.73. The molecule has 1 aromatic heterocycles. The predicted octanol–water partition coefficient (Wildman–Crippen LogP) is 2.85. The number of nitrogens with zero attached hydrogens (tertiary/aromatic N) is 3.